The van der Waals surface area contributed by atoms with Gasteiger partial charge in [0, 0.05) is 0 Å². The summed E-state index contributed by atoms with van der Waals surface area (Å²) in [7, 11) is 0. The van der Waals surface area contributed by atoms with Crippen LogP contribution >= 0.6 is 0 Å². The number of ether oxygens (including phenoxy) is 1. The third kappa shape index (κ3) is 4.82. The van der Waals surface area contributed by atoms with Crippen LogP contribution < -0.4 is 61.6 Å². The first kappa shape index (κ1) is 15.4. The smallest absolute Gasteiger partial charge is 0.445 e. The van der Waals surface area contributed by atoms with E-state index < -0.39 is 24.8 Å². The van der Waals surface area contributed by atoms with E-state index in [1.807, 2.05) is 0 Å². The molecule has 0 atom stereocenters. The summed E-state index contributed by atoms with van der Waals surface area (Å²) in [6, 6.07) is 3.88. The van der Waals surface area contributed by atoms with E-state index in [0.717, 1.165) is 12.1 Å². The average molecular weight is 250 g/mol. The molecule has 1 aromatic rings. The van der Waals surface area contributed by atoms with Crippen molar-refractivity contribution < 1.29 is 77.8 Å². The van der Waals surface area contributed by atoms with E-state index in [9.17, 15) is 21.7 Å². The number of para-hydroxylation sites is 1. The Hall–Kier alpha value is 0.371. The van der Waals surface area contributed by atoms with Gasteiger partial charge in [-0.25, -0.2) is 0 Å². The second kappa shape index (κ2) is 6.19. The first-order valence-electron chi connectivity index (χ1n) is 3.65. The van der Waals surface area contributed by atoms with E-state index in [4.69, 9.17) is 0 Å². The largest absolute Gasteiger partial charge is 1.00 e. The first-order valence-corrected chi connectivity index (χ1v) is 3.65. The number of halogens is 5. The van der Waals surface area contributed by atoms with Gasteiger partial charge in [-0.05, 0) is 6.07 Å². The van der Waals surface area contributed by atoms with Crippen LogP contribution in [0.2, 0.25) is 0 Å². The summed E-state index contributed by atoms with van der Waals surface area (Å²) >= 11 is 0. The summed E-state index contributed by atoms with van der Waals surface area (Å²) in [6.45, 7) is -8.58. The molecule has 0 heterocycles. The molecule has 0 aliphatic heterocycles. The molecular formula is C7H5BF5KO. The van der Waals surface area contributed by atoms with Crippen molar-refractivity contribution in [3.05, 3.63) is 24.3 Å². The Labute approximate surface area is 125 Å². The van der Waals surface area contributed by atoms with Crippen molar-refractivity contribution in [3.8, 4) is 5.75 Å². The molecule has 0 aliphatic carbocycles. The molecule has 1 aromatic carbocycles. The van der Waals surface area contributed by atoms with E-state index in [-0.39, 0.29) is 51.4 Å². The van der Waals surface area contributed by atoms with Gasteiger partial charge in [0.25, 0.3) is 0 Å². The molecule has 0 unspecified atom stereocenters. The molecule has 8 heteroatoms. The van der Waals surface area contributed by atoms with E-state index in [1.165, 1.54) is 6.07 Å². The normalized spacial score (nSPS) is 11.1. The van der Waals surface area contributed by atoms with Crippen molar-refractivity contribution in [2.24, 2.45) is 0 Å². The molecule has 1 nitrogen and oxygen atoms in total. The van der Waals surface area contributed by atoms with Gasteiger partial charge < -0.3 is 17.7 Å². The number of hydrogen-bond acceptors (Lipinski definition) is 1. The van der Waals surface area contributed by atoms with Gasteiger partial charge in [0.15, 0.2) is 0 Å². The van der Waals surface area contributed by atoms with Gasteiger partial charge >= 0.3 is 65.0 Å². The zero-order chi connectivity index (χ0) is 10.8. The minimum Gasteiger partial charge on any atom is -0.445 e. The molecule has 0 saturated heterocycles. The predicted molar refractivity (Wildman–Crippen MR) is 41.8 cm³/mol. The Morgan fingerprint density at radius 1 is 1.07 bits per heavy atom. The molecular weight excluding hydrogens is 245 g/mol. The molecule has 78 valence electrons. The Balaban J connectivity index is 0.00000196. The molecule has 0 fully saturated rings. The molecule has 0 aromatic heterocycles. The van der Waals surface area contributed by atoms with E-state index in [2.05, 4.69) is 4.74 Å². The van der Waals surface area contributed by atoms with Crippen molar-refractivity contribution in [2.45, 2.75) is 6.61 Å². The zero-order valence-corrected chi connectivity index (χ0v) is 10.9. The van der Waals surface area contributed by atoms with Crippen molar-refractivity contribution in [1.82, 2.24) is 0 Å². The first-order chi connectivity index (χ1) is 6.41. The van der Waals surface area contributed by atoms with Crippen LogP contribution in [-0.4, -0.2) is 13.6 Å². The van der Waals surface area contributed by atoms with E-state index in [0.29, 0.717) is 6.07 Å². The van der Waals surface area contributed by atoms with Crippen molar-refractivity contribution in [3.63, 3.8) is 0 Å². The second-order valence-electron chi connectivity index (χ2n) is 2.49. The molecule has 0 amide bonds. The molecule has 0 N–H and O–H groups in total. The molecule has 1 rings (SSSR count). The van der Waals surface area contributed by atoms with Crippen LogP contribution in [0, 0.1) is 0 Å². The summed E-state index contributed by atoms with van der Waals surface area (Å²) in [5, 5.41) is 0. The maximum absolute atomic E-state index is 12.2. The molecule has 0 saturated carbocycles. The molecule has 0 radical (unpaired) electrons. The van der Waals surface area contributed by atoms with Crippen molar-refractivity contribution in [1.29, 1.82) is 0 Å². The van der Waals surface area contributed by atoms with Gasteiger partial charge in [-0.15, -0.1) is 0 Å². The topological polar surface area (TPSA) is 9.23 Å². The Morgan fingerprint density at radius 3 is 2.07 bits per heavy atom. The minimum atomic E-state index is -5.33. The molecule has 0 spiro atoms. The van der Waals surface area contributed by atoms with Gasteiger partial charge in [0.1, 0.15) is 0 Å². The van der Waals surface area contributed by atoms with Crippen LogP contribution in [-0.2, 0) is 0 Å². The van der Waals surface area contributed by atoms with Crippen LogP contribution in [0.3, 0.4) is 0 Å². The van der Waals surface area contributed by atoms with Crippen LogP contribution in [0.15, 0.2) is 24.3 Å². The fourth-order valence-electron chi connectivity index (χ4n) is 0.954. The Morgan fingerprint density at radius 2 is 1.60 bits per heavy atom. The quantitative estimate of drug-likeness (QED) is 0.511. The van der Waals surface area contributed by atoms with Crippen LogP contribution in [0.25, 0.3) is 0 Å². The predicted octanol–water partition coefficient (Wildman–Crippen LogP) is -0.654. The molecule has 15 heavy (non-hydrogen) atoms. The molecule has 0 bridgehead atoms. The summed E-state index contributed by atoms with van der Waals surface area (Å²) in [6.07, 6.45) is 0. The summed E-state index contributed by atoms with van der Waals surface area (Å²) < 4.78 is 63.9. The molecule has 0 aliphatic rings. The van der Waals surface area contributed by atoms with Gasteiger partial charge in [-0.3, -0.25) is 0 Å². The number of hydrogen-bond donors (Lipinski definition) is 0. The van der Waals surface area contributed by atoms with Crippen LogP contribution in [0.4, 0.5) is 21.7 Å². The Kier molecular flexibility index (Phi) is 6.34. The third-order valence-corrected chi connectivity index (χ3v) is 1.49. The SMILES string of the molecule is FC(F)Oc1ccccc1[B-](F)(F)F.[K+]. The standard InChI is InChI=1S/C7H5BF5O.K/c9-7(10)14-6-4-2-1-3-5(6)8(11,12)13;/h1-4,7H;/q-1;+1. The number of benzene rings is 1. The van der Waals surface area contributed by atoms with E-state index in [1.54, 1.807) is 0 Å². The van der Waals surface area contributed by atoms with Gasteiger partial charge in [0.2, 0.25) is 0 Å². The average Bonchev–Trinajstić information content (AvgIpc) is 2.01. The second-order valence-corrected chi connectivity index (χ2v) is 2.49. The summed E-state index contributed by atoms with van der Waals surface area (Å²) in [5.41, 5.74) is -1.15. The third-order valence-electron chi connectivity index (χ3n) is 1.49. The van der Waals surface area contributed by atoms with Gasteiger partial charge in [-0.1, -0.05) is 23.7 Å². The zero-order valence-electron chi connectivity index (χ0n) is 7.76. The monoisotopic (exact) mass is 250 g/mol. The summed E-state index contributed by atoms with van der Waals surface area (Å²) in [5.74, 6) is -0.838. The fourth-order valence-corrected chi connectivity index (χ4v) is 0.954. The Bertz CT molecular complexity index is 316. The van der Waals surface area contributed by atoms with E-state index >= 15 is 0 Å². The van der Waals surface area contributed by atoms with Gasteiger partial charge in [0.05, 0.1) is 5.75 Å². The maximum Gasteiger partial charge on any atom is 1.00 e. The van der Waals surface area contributed by atoms with Gasteiger partial charge in [-0.2, -0.15) is 8.78 Å². The number of rotatable bonds is 3. The summed E-state index contributed by atoms with van der Waals surface area (Å²) in [4.78, 5) is 0. The minimum absolute atomic E-state index is 0. The van der Waals surface area contributed by atoms with Crippen molar-refractivity contribution >= 4 is 12.4 Å². The van der Waals surface area contributed by atoms with Crippen LogP contribution in [0.1, 0.15) is 0 Å². The van der Waals surface area contributed by atoms with Crippen molar-refractivity contribution in [2.75, 3.05) is 0 Å². The maximum atomic E-state index is 12.2. The van der Waals surface area contributed by atoms with Crippen LogP contribution in [0.5, 0.6) is 5.75 Å². The number of alkyl halides is 2. The fraction of sp³-hybridized carbons (Fsp3) is 0.143.